The van der Waals surface area contributed by atoms with Crippen LogP contribution in [0.1, 0.15) is 24.5 Å². The van der Waals surface area contributed by atoms with Gasteiger partial charge in [0, 0.05) is 5.69 Å². The smallest absolute Gasteiger partial charge is 0.265 e. The molecule has 3 heteroatoms. The van der Waals surface area contributed by atoms with Crippen LogP contribution in [0.4, 0.5) is 5.69 Å². The monoisotopic (exact) mass is 283 g/mol. The van der Waals surface area contributed by atoms with Crippen molar-refractivity contribution in [1.82, 2.24) is 0 Å². The molecule has 0 unspecified atom stereocenters. The number of rotatable bonds is 5. The highest BCUT2D eigenvalue weighted by Gasteiger charge is 2.19. The van der Waals surface area contributed by atoms with Gasteiger partial charge in [-0.15, -0.1) is 0 Å². The molecule has 0 radical (unpaired) electrons. The summed E-state index contributed by atoms with van der Waals surface area (Å²) in [4.78, 5) is 12.3. The van der Waals surface area contributed by atoms with Crippen LogP contribution in [0.5, 0.6) is 5.75 Å². The second-order valence-corrected chi connectivity index (χ2v) is 5.14. The predicted molar refractivity (Wildman–Crippen MR) is 85.7 cm³/mol. The molecule has 2 aromatic rings. The number of aryl methyl sites for hydroxylation is 2. The van der Waals surface area contributed by atoms with E-state index in [9.17, 15) is 4.79 Å². The standard InChI is InChI=1S/C18H21NO2/c1-4-16(18(20)19-15-8-6-5-7-9-15)21-17-11-10-13(2)12-14(17)3/h5-12,16H,4H2,1-3H3,(H,19,20)/t16-/m0/s1. The van der Waals surface area contributed by atoms with Crippen molar-refractivity contribution in [2.75, 3.05) is 5.32 Å². The molecule has 0 bridgehead atoms. The Balaban J connectivity index is 2.07. The molecule has 21 heavy (non-hydrogen) atoms. The SMILES string of the molecule is CC[C@H](Oc1ccc(C)cc1C)C(=O)Nc1ccccc1. The zero-order valence-electron chi connectivity index (χ0n) is 12.7. The molecule has 1 atom stereocenters. The van der Waals surface area contributed by atoms with Crippen LogP contribution in [0.3, 0.4) is 0 Å². The molecular formula is C18H21NO2. The first-order chi connectivity index (χ1) is 10.1. The van der Waals surface area contributed by atoms with Crippen LogP contribution in [0.2, 0.25) is 0 Å². The Kier molecular flexibility index (Phi) is 4.99. The Hall–Kier alpha value is -2.29. The lowest BCUT2D eigenvalue weighted by atomic mass is 10.1. The van der Waals surface area contributed by atoms with Gasteiger partial charge in [0.1, 0.15) is 5.75 Å². The molecule has 0 spiro atoms. The maximum absolute atomic E-state index is 12.3. The third kappa shape index (κ3) is 4.09. The van der Waals surface area contributed by atoms with Crippen molar-refractivity contribution in [2.24, 2.45) is 0 Å². The zero-order chi connectivity index (χ0) is 15.2. The molecule has 0 saturated heterocycles. The fraction of sp³-hybridized carbons (Fsp3) is 0.278. The van der Waals surface area contributed by atoms with Crippen LogP contribution in [0, 0.1) is 13.8 Å². The lowest BCUT2D eigenvalue weighted by Gasteiger charge is -2.19. The van der Waals surface area contributed by atoms with Gasteiger partial charge in [-0.2, -0.15) is 0 Å². The van der Waals surface area contributed by atoms with Crippen LogP contribution in [0.15, 0.2) is 48.5 Å². The van der Waals surface area contributed by atoms with Crippen LogP contribution >= 0.6 is 0 Å². The molecule has 0 aliphatic heterocycles. The highest BCUT2D eigenvalue weighted by molar-refractivity contribution is 5.94. The zero-order valence-corrected chi connectivity index (χ0v) is 12.7. The molecule has 1 N–H and O–H groups in total. The van der Waals surface area contributed by atoms with E-state index in [2.05, 4.69) is 11.4 Å². The molecule has 0 aliphatic rings. The Labute approximate surface area is 126 Å². The number of hydrogen-bond donors (Lipinski definition) is 1. The summed E-state index contributed by atoms with van der Waals surface area (Å²) in [5, 5.41) is 2.88. The maximum Gasteiger partial charge on any atom is 0.265 e. The molecule has 0 heterocycles. The molecule has 0 aliphatic carbocycles. The Morgan fingerprint density at radius 1 is 1.14 bits per heavy atom. The van der Waals surface area contributed by atoms with E-state index in [0.29, 0.717) is 6.42 Å². The van der Waals surface area contributed by atoms with E-state index in [1.165, 1.54) is 5.56 Å². The number of para-hydroxylation sites is 1. The van der Waals surface area contributed by atoms with Gasteiger partial charge in [0.2, 0.25) is 0 Å². The molecule has 3 nitrogen and oxygen atoms in total. The Bertz CT molecular complexity index is 608. The van der Waals surface area contributed by atoms with E-state index in [4.69, 9.17) is 4.74 Å². The van der Waals surface area contributed by atoms with Crippen molar-refractivity contribution in [2.45, 2.75) is 33.3 Å². The summed E-state index contributed by atoms with van der Waals surface area (Å²) >= 11 is 0. The number of nitrogens with one attached hydrogen (secondary N) is 1. The minimum absolute atomic E-state index is 0.122. The lowest BCUT2D eigenvalue weighted by Crippen LogP contribution is -2.32. The van der Waals surface area contributed by atoms with Gasteiger partial charge in [-0.25, -0.2) is 0 Å². The Morgan fingerprint density at radius 2 is 1.86 bits per heavy atom. The second-order valence-electron chi connectivity index (χ2n) is 5.14. The van der Waals surface area contributed by atoms with Crippen LogP contribution in [-0.4, -0.2) is 12.0 Å². The summed E-state index contributed by atoms with van der Waals surface area (Å²) in [5.41, 5.74) is 3.01. The van der Waals surface area contributed by atoms with Crippen molar-refractivity contribution >= 4 is 11.6 Å². The minimum atomic E-state index is -0.494. The molecule has 110 valence electrons. The highest BCUT2D eigenvalue weighted by atomic mass is 16.5. The third-order valence-electron chi connectivity index (χ3n) is 3.30. The van der Waals surface area contributed by atoms with Crippen LogP contribution in [-0.2, 0) is 4.79 Å². The topological polar surface area (TPSA) is 38.3 Å². The predicted octanol–water partition coefficient (Wildman–Crippen LogP) is 4.10. The number of benzene rings is 2. The largest absolute Gasteiger partial charge is 0.480 e. The average Bonchev–Trinajstić information content (AvgIpc) is 2.47. The normalized spacial score (nSPS) is 11.8. The van der Waals surface area contributed by atoms with Crippen LogP contribution < -0.4 is 10.1 Å². The first kappa shape index (κ1) is 15.1. The molecular weight excluding hydrogens is 262 g/mol. The van der Waals surface area contributed by atoms with Crippen molar-refractivity contribution in [3.8, 4) is 5.75 Å². The molecule has 0 saturated carbocycles. The van der Waals surface area contributed by atoms with Crippen molar-refractivity contribution < 1.29 is 9.53 Å². The number of hydrogen-bond acceptors (Lipinski definition) is 2. The lowest BCUT2D eigenvalue weighted by molar-refractivity contribution is -0.122. The van der Waals surface area contributed by atoms with Crippen molar-refractivity contribution in [3.63, 3.8) is 0 Å². The van der Waals surface area contributed by atoms with E-state index < -0.39 is 6.10 Å². The van der Waals surface area contributed by atoms with E-state index in [-0.39, 0.29) is 5.91 Å². The van der Waals surface area contributed by atoms with Gasteiger partial charge in [0.15, 0.2) is 6.10 Å². The number of carbonyl (C=O) groups is 1. The molecule has 0 aromatic heterocycles. The van der Waals surface area contributed by atoms with Gasteiger partial charge in [0.05, 0.1) is 0 Å². The second kappa shape index (κ2) is 6.93. The summed E-state index contributed by atoms with van der Waals surface area (Å²) in [6.07, 6.45) is 0.123. The molecule has 0 fully saturated rings. The fourth-order valence-electron chi connectivity index (χ4n) is 2.15. The summed E-state index contributed by atoms with van der Waals surface area (Å²) in [5.74, 6) is 0.638. The molecule has 2 aromatic carbocycles. The van der Waals surface area contributed by atoms with E-state index in [1.807, 2.05) is 63.2 Å². The van der Waals surface area contributed by atoms with E-state index in [1.54, 1.807) is 0 Å². The van der Waals surface area contributed by atoms with Crippen molar-refractivity contribution in [1.29, 1.82) is 0 Å². The van der Waals surface area contributed by atoms with Gasteiger partial charge >= 0.3 is 0 Å². The van der Waals surface area contributed by atoms with Crippen molar-refractivity contribution in [3.05, 3.63) is 59.7 Å². The van der Waals surface area contributed by atoms with Crippen LogP contribution in [0.25, 0.3) is 0 Å². The summed E-state index contributed by atoms with van der Waals surface area (Å²) in [7, 11) is 0. The summed E-state index contributed by atoms with van der Waals surface area (Å²) in [6, 6.07) is 15.4. The summed E-state index contributed by atoms with van der Waals surface area (Å²) in [6.45, 7) is 5.97. The maximum atomic E-state index is 12.3. The van der Waals surface area contributed by atoms with E-state index >= 15 is 0 Å². The van der Waals surface area contributed by atoms with Gasteiger partial charge in [-0.3, -0.25) is 4.79 Å². The first-order valence-electron chi connectivity index (χ1n) is 7.20. The Morgan fingerprint density at radius 3 is 2.48 bits per heavy atom. The molecule has 2 rings (SSSR count). The van der Waals surface area contributed by atoms with Gasteiger partial charge in [-0.1, -0.05) is 42.8 Å². The van der Waals surface area contributed by atoms with E-state index in [0.717, 1.165) is 17.0 Å². The third-order valence-corrected chi connectivity index (χ3v) is 3.30. The number of amides is 1. The highest BCUT2D eigenvalue weighted by Crippen LogP contribution is 2.21. The fourth-order valence-corrected chi connectivity index (χ4v) is 2.15. The number of anilines is 1. The van der Waals surface area contributed by atoms with Gasteiger partial charge in [0.25, 0.3) is 5.91 Å². The summed E-state index contributed by atoms with van der Waals surface area (Å²) < 4.78 is 5.87. The average molecular weight is 283 g/mol. The number of ether oxygens (including phenoxy) is 1. The quantitative estimate of drug-likeness (QED) is 0.897. The first-order valence-corrected chi connectivity index (χ1v) is 7.20. The van der Waals surface area contributed by atoms with Gasteiger partial charge in [-0.05, 0) is 44.0 Å². The number of carbonyl (C=O) groups excluding carboxylic acids is 1. The van der Waals surface area contributed by atoms with Gasteiger partial charge < -0.3 is 10.1 Å². The minimum Gasteiger partial charge on any atom is -0.480 e. The molecule has 1 amide bonds.